The Bertz CT molecular complexity index is 181. The van der Waals surface area contributed by atoms with Gasteiger partial charge in [-0.05, 0) is 13.3 Å². The minimum Gasteiger partial charge on any atom is -0.385 e. The second kappa shape index (κ2) is 5.98. The van der Waals surface area contributed by atoms with Gasteiger partial charge >= 0.3 is 0 Å². The van der Waals surface area contributed by atoms with Crippen molar-refractivity contribution in [2.45, 2.75) is 25.8 Å². The Morgan fingerprint density at radius 3 is 2.71 bits per heavy atom. The summed E-state index contributed by atoms with van der Waals surface area (Å²) < 4.78 is 4.92. The Kier molecular flexibility index (Phi) is 4.90. The predicted molar refractivity (Wildman–Crippen MR) is 55.2 cm³/mol. The van der Waals surface area contributed by atoms with Crippen molar-refractivity contribution in [3.05, 3.63) is 0 Å². The third-order valence-electron chi connectivity index (χ3n) is 2.60. The number of rotatable bonds is 6. The lowest BCUT2D eigenvalue weighted by atomic mass is 10.1. The molecule has 0 atom stereocenters. The Morgan fingerprint density at radius 1 is 1.57 bits per heavy atom. The SMILES string of the molecule is CCN(C(=O)CCCOC)C1CNC1. The van der Waals surface area contributed by atoms with E-state index in [9.17, 15) is 4.79 Å². The third kappa shape index (κ3) is 2.96. The van der Waals surface area contributed by atoms with Gasteiger partial charge in [-0.1, -0.05) is 0 Å². The number of carbonyl (C=O) groups is 1. The Labute approximate surface area is 85.6 Å². The molecule has 0 aromatic rings. The molecule has 1 N–H and O–H groups in total. The normalized spacial score (nSPS) is 16.4. The van der Waals surface area contributed by atoms with Gasteiger partial charge < -0.3 is 15.0 Å². The van der Waals surface area contributed by atoms with Crippen molar-refractivity contribution in [3.63, 3.8) is 0 Å². The second-order valence-electron chi connectivity index (χ2n) is 3.59. The molecule has 1 saturated heterocycles. The molecular formula is C10H20N2O2. The van der Waals surface area contributed by atoms with Gasteiger partial charge in [0.25, 0.3) is 0 Å². The van der Waals surface area contributed by atoms with Gasteiger partial charge in [0.2, 0.25) is 5.91 Å². The Balaban J connectivity index is 2.24. The van der Waals surface area contributed by atoms with Gasteiger partial charge in [-0.3, -0.25) is 4.79 Å². The molecule has 82 valence electrons. The predicted octanol–water partition coefficient (Wildman–Crippen LogP) is 0.233. The quantitative estimate of drug-likeness (QED) is 0.624. The summed E-state index contributed by atoms with van der Waals surface area (Å²) >= 11 is 0. The van der Waals surface area contributed by atoms with Crippen LogP contribution in [0.15, 0.2) is 0 Å². The maximum Gasteiger partial charge on any atom is 0.222 e. The molecule has 0 aromatic heterocycles. The fraction of sp³-hybridized carbons (Fsp3) is 0.900. The molecule has 1 fully saturated rings. The summed E-state index contributed by atoms with van der Waals surface area (Å²) in [5.74, 6) is 0.260. The van der Waals surface area contributed by atoms with Gasteiger partial charge in [-0.2, -0.15) is 0 Å². The number of amides is 1. The number of nitrogens with one attached hydrogen (secondary N) is 1. The van der Waals surface area contributed by atoms with Crippen LogP contribution < -0.4 is 5.32 Å². The highest BCUT2D eigenvalue weighted by Crippen LogP contribution is 2.07. The highest BCUT2D eigenvalue weighted by Gasteiger charge is 2.26. The zero-order valence-corrected chi connectivity index (χ0v) is 9.08. The summed E-state index contributed by atoms with van der Waals surface area (Å²) in [5.41, 5.74) is 0. The van der Waals surface area contributed by atoms with Crippen molar-refractivity contribution >= 4 is 5.91 Å². The van der Waals surface area contributed by atoms with Crippen LogP contribution in [0.3, 0.4) is 0 Å². The van der Waals surface area contributed by atoms with Crippen molar-refractivity contribution < 1.29 is 9.53 Å². The highest BCUT2D eigenvalue weighted by molar-refractivity contribution is 5.76. The van der Waals surface area contributed by atoms with Gasteiger partial charge in [0.05, 0.1) is 6.04 Å². The van der Waals surface area contributed by atoms with Crippen LogP contribution in [0.4, 0.5) is 0 Å². The number of nitrogens with zero attached hydrogens (tertiary/aromatic N) is 1. The fourth-order valence-corrected chi connectivity index (χ4v) is 1.64. The number of hydrogen-bond donors (Lipinski definition) is 1. The van der Waals surface area contributed by atoms with E-state index in [1.165, 1.54) is 0 Å². The lowest BCUT2D eigenvalue weighted by Crippen LogP contribution is -2.58. The van der Waals surface area contributed by atoms with Crippen LogP contribution in [0.5, 0.6) is 0 Å². The molecule has 0 bridgehead atoms. The van der Waals surface area contributed by atoms with Gasteiger partial charge in [-0.25, -0.2) is 0 Å². The molecule has 1 rings (SSSR count). The molecule has 1 aliphatic rings. The molecule has 0 unspecified atom stereocenters. The van der Waals surface area contributed by atoms with Gasteiger partial charge in [0, 0.05) is 39.8 Å². The monoisotopic (exact) mass is 200 g/mol. The van der Waals surface area contributed by atoms with Crippen LogP contribution in [-0.2, 0) is 9.53 Å². The number of ether oxygens (including phenoxy) is 1. The zero-order chi connectivity index (χ0) is 10.4. The summed E-state index contributed by atoms with van der Waals surface area (Å²) in [7, 11) is 1.66. The van der Waals surface area contributed by atoms with Crippen LogP contribution in [0.2, 0.25) is 0 Å². The van der Waals surface area contributed by atoms with Crippen molar-refractivity contribution in [1.82, 2.24) is 10.2 Å². The van der Waals surface area contributed by atoms with Gasteiger partial charge in [0.1, 0.15) is 0 Å². The molecule has 1 amide bonds. The summed E-state index contributed by atoms with van der Waals surface area (Å²) in [6.07, 6.45) is 1.43. The van der Waals surface area contributed by atoms with Crippen LogP contribution in [0, 0.1) is 0 Å². The standard InChI is InChI=1S/C10H20N2O2/c1-3-12(9-7-11-8-9)10(13)5-4-6-14-2/h9,11H,3-8H2,1-2H3. The molecule has 0 radical (unpaired) electrons. The summed E-state index contributed by atoms with van der Waals surface area (Å²) in [6, 6.07) is 0.426. The van der Waals surface area contributed by atoms with E-state index in [2.05, 4.69) is 5.32 Å². The first-order valence-electron chi connectivity index (χ1n) is 5.28. The van der Waals surface area contributed by atoms with Gasteiger partial charge in [-0.15, -0.1) is 0 Å². The lowest BCUT2D eigenvalue weighted by molar-refractivity contribution is -0.134. The summed E-state index contributed by atoms with van der Waals surface area (Å²) in [4.78, 5) is 13.7. The molecule has 1 heterocycles. The van der Waals surface area contributed by atoms with E-state index in [-0.39, 0.29) is 5.91 Å². The van der Waals surface area contributed by atoms with E-state index in [0.29, 0.717) is 19.1 Å². The maximum absolute atomic E-state index is 11.7. The topological polar surface area (TPSA) is 41.6 Å². The van der Waals surface area contributed by atoms with Crippen molar-refractivity contribution in [2.24, 2.45) is 0 Å². The van der Waals surface area contributed by atoms with Crippen molar-refractivity contribution in [3.8, 4) is 0 Å². The lowest BCUT2D eigenvalue weighted by Gasteiger charge is -2.37. The van der Waals surface area contributed by atoms with E-state index in [0.717, 1.165) is 26.1 Å². The highest BCUT2D eigenvalue weighted by atomic mass is 16.5. The first kappa shape index (κ1) is 11.5. The number of likely N-dealkylation sites (N-methyl/N-ethyl adjacent to an activating group) is 1. The first-order chi connectivity index (χ1) is 6.79. The van der Waals surface area contributed by atoms with E-state index >= 15 is 0 Å². The number of carbonyl (C=O) groups excluding carboxylic acids is 1. The minimum atomic E-state index is 0.260. The molecule has 4 heteroatoms. The van der Waals surface area contributed by atoms with Crippen LogP contribution in [-0.4, -0.2) is 50.2 Å². The summed E-state index contributed by atoms with van der Waals surface area (Å²) in [6.45, 7) is 5.42. The zero-order valence-electron chi connectivity index (χ0n) is 9.08. The van der Waals surface area contributed by atoms with Crippen molar-refractivity contribution in [1.29, 1.82) is 0 Å². The van der Waals surface area contributed by atoms with Crippen LogP contribution in [0.1, 0.15) is 19.8 Å². The van der Waals surface area contributed by atoms with E-state index < -0.39 is 0 Å². The molecule has 0 spiro atoms. The average molecular weight is 200 g/mol. The third-order valence-corrected chi connectivity index (χ3v) is 2.60. The molecule has 14 heavy (non-hydrogen) atoms. The second-order valence-corrected chi connectivity index (χ2v) is 3.59. The van der Waals surface area contributed by atoms with E-state index in [1.54, 1.807) is 7.11 Å². The average Bonchev–Trinajstić information content (AvgIpc) is 2.11. The molecule has 0 aliphatic carbocycles. The molecule has 0 saturated carbocycles. The number of hydrogen-bond acceptors (Lipinski definition) is 3. The minimum absolute atomic E-state index is 0.260. The van der Waals surface area contributed by atoms with Crippen LogP contribution >= 0.6 is 0 Å². The largest absolute Gasteiger partial charge is 0.385 e. The van der Waals surface area contributed by atoms with Gasteiger partial charge in [0.15, 0.2) is 0 Å². The molecule has 0 aromatic carbocycles. The van der Waals surface area contributed by atoms with Crippen LogP contribution in [0.25, 0.3) is 0 Å². The molecular weight excluding hydrogens is 180 g/mol. The number of methoxy groups -OCH3 is 1. The smallest absolute Gasteiger partial charge is 0.222 e. The Hall–Kier alpha value is -0.610. The van der Waals surface area contributed by atoms with Crippen molar-refractivity contribution in [2.75, 3.05) is 33.4 Å². The van der Waals surface area contributed by atoms with E-state index in [4.69, 9.17) is 4.74 Å². The van der Waals surface area contributed by atoms with E-state index in [1.807, 2.05) is 11.8 Å². The fourth-order valence-electron chi connectivity index (χ4n) is 1.64. The Morgan fingerprint density at radius 2 is 2.29 bits per heavy atom. The first-order valence-corrected chi connectivity index (χ1v) is 5.28. The molecule has 1 aliphatic heterocycles. The molecule has 4 nitrogen and oxygen atoms in total. The maximum atomic E-state index is 11.7. The summed E-state index contributed by atoms with van der Waals surface area (Å²) in [5, 5.41) is 3.18.